The molecule has 0 unspecified atom stereocenters. The number of oxazole rings is 1. The van der Waals surface area contributed by atoms with Crippen molar-refractivity contribution in [3.8, 4) is 0 Å². The van der Waals surface area contributed by atoms with Crippen LogP contribution in [-0.4, -0.2) is 21.2 Å². The van der Waals surface area contributed by atoms with E-state index >= 15 is 0 Å². The molecule has 0 aromatic carbocycles. The molecule has 0 bridgehead atoms. The van der Waals surface area contributed by atoms with Crippen LogP contribution in [-0.2, 0) is 13.6 Å². The number of amides is 1. The molecular formula is C13H15N3O3. The molecule has 0 saturated heterocycles. The zero-order valence-corrected chi connectivity index (χ0v) is 11.1. The van der Waals surface area contributed by atoms with Gasteiger partial charge in [-0.05, 0) is 19.9 Å². The average Bonchev–Trinajstić information content (AvgIpc) is 2.93. The second-order valence-corrected chi connectivity index (χ2v) is 4.32. The predicted molar refractivity (Wildman–Crippen MR) is 67.8 cm³/mol. The Balaban J connectivity index is 2.08. The van der Waals surface area contributed by atoms with Crippen LogP contribution in [0.5, 0.6) is 0 Å². The highest BCUT2D eigenvalue weighted by molar-refractivity contribution is 5.99. The van der Waals surface area contributed by atoms with E-state index in [0.29, 0.717) is 29.3 Å². The molecule has 0 spiro atoms. The number of carbonyl (C=O) groups is 2. The van der Waals surface area contributed by atoms with Crippen molar-refractivity contribution in [2.45, 2.75) is 20.4 Å². The summed E-state index contributed by atoms with van der Waals surface area (Å²) in [5.74, 6) is 0.357. The molecular weight excluding hydrogens is 246 g/mol. The van der Waals surface area contributed by atoms with Crippen LogP contribution in [0.25, 0.3) is 0 Å². The van der Waals surface area contributed by atoms with Gasteiger partial charge in [0.25, 0.3) is 5.91 Å². The molecule has 6 nitrogen and oxygen atoms in total. The lowest BCUT2D eigenvalue weighted by Crippen LogP contribution is -2.25. The van der Waals surface area contributed by atoms with Gasteiger partial charge in [-0.1, -0.05) is 0 Å². The molecule has 0 aliphatic rings. The molecule has 0 radical (unpaired) electrons. The number of aryl methyl sites for hydroxylation is 2. The van der Waals surface area contributed by atoms with Crippen molar-refractivity contribution >= 4 is 11.7 Å². The Labute approximate surface area is 110 Å². The third kappa shape index (κ3) is 2.73. The van der Waals surface area contributed by atoms with Crippen LogP contribution in [0, 0.1) is 6.92 Å². The van der Waals surface area contributed by atoms with Crippen LogP contribution in [0.4, 0.5) is 0 Å². The predicted octanol–water partition coefficient (Wildman–Crippen LogP) is 1.45. The first-order valence-corrected chi connectivity index (χ1v) is 5.83. The summed E-state index contributed by atoms with van der Waals surface area (Å²) in [6.45, 7) is 3.54. The van der Waals surface area contributed by atoms with Crippen molar-refractivity contribution in [2.24, 2.45) is 7.05 Å². The lowest BCUT2D eigenvalue weighted by atomic mass is 10.2. The first-order chi connectivity index (χ1) is 8.99. The first kappa shape index (κ1) is 13.1. The second kappa shape index (κ2) is 5.09. The second-order valence-electron chi connectivity index (χ2n) is 4.32. The summed E-state index contributed by atoms with van der Waals surface area (Å²) in [7, 11) is 1.72. The van der Waals surface area contributed by atoms with Gasteiger partial charge in [0.1, 0.15) is 17.1 Å². The van der Waals surface area contributed by atoms with Gasteiger partial charge in [-0.15, -0.1) is 0 Å². The third-order valence-electron chi connectivity index (χ3n) is 2.90. The van der Waals surface area contributed by atoms with Crippen LogP contribution in [0.15, 0.2) is 23.1 Å². The van der Waals surface area contributed by atoms with E-state index in [-0.39, 0.29) is 11.7 Å². The van der Waals surface area contributed by atoms with Gasteiger partial charge in [0.15, 0.2) is 12.2 Å². The summed E-state index contributed by atoms with van der Waals surface area (Å²) in [5.41, 5.74) is 1.64. The van der Waals surface area contributed by atoms with Crippen molar-refractivity contribution in [2.75, 3.05) is 0 Å². The Morgan fingerprint density at radius 1 is 1.47 bits per heavy atom. The molecule has 0 fully saturated rings. The molecule has 19 heavy (non-hydrogen) atoms. The van der Waals surface area contributed by atoms with Gasteiger partial charge < -0.3 is 14.3 Å². The first-order valence-electron chi connectivity index (χ1n) is 5.83. The fourth-order valence-electron chi connectivity index (χ4n) is 1.74. The van der Waals surface area contributed by atoms with Crippen LogP contribution in [0.1, 0.15) is 39.2 Å². The SMILES string of the molecule is CC(=O)c1cc(C(=O)NCc2ncoc2C)n(C)c1. The number of nitrogens with zero attached hydrogens (tertiary/aromatic N) is 2. The number of rotatable bonds is 4. The molecule has 2 aromatic heterocycles. The highest BCUT2D eigenvalue weighted by atomic mass is 16.3. The van der Waals surface area contributed by atoms with Gasteiger partial charge in [0.05, 0.1) is 6.54 Å². The summed E-state index contributed by atoms with van der Waals surface area (Å²) >= 11 is 0. The van der Waals surface area contributed by atoms with Crippen LogP contribution >= 0.6 is 0 Å². The minimum absolute atomic E-state index is 0.0676. The van der Waals surface area contributed by atoms with Crippen LogP contribution < -0.4 is 5.32 Å². The molecule has 2 rings (SSSR count). The topological polar surface area (TPSA) is 77.1 Å². The third-order valence-corrected chi connectivity index (χ3v) is 2.90. The number of carbonyl (C=O) groups excluding carboxylic acids is 2. The number of aromatic nitrogens is 2. The summed E-state index contributed by atoms with van der Waals surface area (Å²) in [6, 6.07) is 1.58. The highest BCUT2D eigenvalue weighted by Gasteiger charge is 2.14. The summed E-state index contributed by atoms with van der Waals surface area (Å²) in [4.78, 5) is 27.3. The number of nitrogens with one attached hydrogen (secondary N) is 1. The van der Waals surface area contributed by atoms with Crippen molar-refractivity contribution in [1.29, 1.82) is 0 Å². The number of Topliss-reactive ketones (excluding diaryl/α,β-unsaturated/α-hetero) is 1. The smallest absolute Gasteiger partial charge is 0.268 e. The Morgan fingerprint density at radius 2 is 2.21 bits per heavy atom. The Morgan fingerprint density at radius 3 is 2.74 bits per heavy atom. The zero-order chi connectivity index (χ0) is 14.0. The van der Waals surface area contributed by atoms with Crippen LogP contribution in [0.2, 0.25) is 0 Å². The van der Waals surface area contributed by atoms with E-state index < -0.39 is 0 Å². The molecule has 2 heterocycles. The van der Waals surface area contributed by atoms with Gasteiger partial charge in [0, 0.05) is 18.8 Å². The van der Waals surface area contributed by atoms with Gasteiger partial charge in [-0.25, -0.2) is 4.98 Å². The van der Waals surface area contributed by atoms with E-state index in [1.54, 1.807) is 30.8 Å². The van der Waals surface area contributed by atoms with Gasteiger partial charge in [0.2, 0.25) is 0 Å². The quantitative estimate of drug-likeness (QED) is 0.845. The van der Waals surface area contributed by atoms with Gasteiger partial charge in [-0.3, -0.25) is 9.59 Å². The fraction of sp³-hybridized carbons (Fsp3) is 0.308. The fourth-order valence-corrected chi connectivity index (χ4v) is 1.74. The summed E-state index contributed by atoms with van der Waals surface area (Å²) in [5, 5.41) is 2.74. The Bertz CT molecular complexity index is 625. The minimum atomic E-state index is -0.252. The molecule has 6 heteroatoms. The average molecular weight is 261 g/mol. The van der Waals surface area contributed by atoms with E-state index in [0.717, 1.165) is 0 Å². The standard InChI is InChI=1S/C13H15N3O3/c1-8(17)10-4-12(16(3)6-10)13(18)14-5-11-9(2)19-7-15-11/h4,6-7H,5H2,1-3H3,(H,14,18). The summed E-state index contributed by atoms with van der Waals surface area (Å²) in [6.07, 6.45) is 2.98. The molecule has 0 aliphatic heterocycles. The summed E-state index contributed by atoms with van der Waals surface area (Å²) < 4.78 is 6.68. The lowest BCUT2D eigenvalue weighted by Gasteiger charge is -2.04. The molecule has 100 valence electrons. The normalized spacial score (nSPS) is 10.5. The van der Waals surface area contributed by atoms with Crippen molar-refractivity contribution in [1.82, 2.24) is 14.9 Å². The van der Waals surface area contributed by atoms with E-state index in [1.807, 2.05) is 0 Å². The number of ketones is 1. The van der Waals surface area contributed by atoms with Crippen molar-refractivity contribution < 1.29 is 14.0 Å². The maximum atomic E-state index is 12.0. The van der Waals surface area contributed by atoms with Gasteiger partial charge >= 0.3 is 0 Å². The molecule has 0 saturated carbocycles. The Kier molecular flexibility index (Phi) is 3.50. The van der Waals surface area contributed by atoms with E-state index in [1.165, 1.54) is 13.3 Å². The lowest BCUT2D eigenvalue weighted by molar-refractivity contribution is 0.0942. The molecule has 0 aliphatic carbocycles. The number of hydrogen-bond donors (Lipinski definition) is 1. The zero-order valence-electron chi connectivity index (χ0n) is 11.1. The molecule has 1 N–H and O–H groups in total. The Hall–Kier alpha value is -2.37. The molecule has 0 atom stereocenters. The van der Waals surface area contributed by atoms with Gasteiger partial charge in [-0.2, -0.15) is 0 Å². The van der Waals surface area contributed by atoms with Crippen molar-refractivity contribution in [3.63, 3.8) is 0 Å². The van der Waals surface area contributed by atoms with E-state index in [2.05, 4.69) is 10.3 Å². The largest absolute Gasteiger partial charge is 0.448 e. The minimum Gasteiger partial charge on any atom is -0.448 e. The van der Waals surface area contributed by atoms with Crippen molar-refractivity contribution in [3.05, 3.63) is 41.4 Å². The van der Waals surface area contributed by atoms with E-state index in [4.69, 9.17) is 4.42 Å². The molecule has 2 aromatic rings. The highest BCUT2D eigenvalue weighted by Crippen LogP contribution is 2.09. The van der Waals surface area contributed by atoms with Crippen LogP contribution in [0.3, 0.4) is 0 Å². The number of hydrogen-bond acceptors (Lipinski definition) is 4. The monoisotopic (exact) mass is 261 g/mol. The maximum absolute atomic E-state index is 12.0. The van der Waals surface area contributed by atoms with E-state index in [9.17, 15) is 9.59 Å². The maximum Gasteiger partial charge on any atom is 0.268 e. The molecule has 1 amide bonds.